The molecule has 0 heterocycles. The largest absolute Gasteiger partial charge is 0.481 e. The van der Waals surface area contributed by atoms with E-state index in [2.05, 4.69) is 10.9 Å². The zero-order chi connectivity index (χ0) is 18.5. The normalized spacial score (nSPS) is 11.6. The van der Waals surface area contributed by atoms with Gasteiger partial charge in [0, 0.05) is 5.56 Å². The van der Waals surface area contributed by atoms with Crippen molar-refractivity contribution in [2.75, 3.05) is 0 Å². The Kier molecular flexibility index (Phi) is 5.12. The van der Waals surface area contributed by atoms with Crippen LogP contribution in [0, 0.1) is 5.82 Å². The number of hydrogen-bond acceptors (Lipinski definition) is 3. The zero-order valence-corrected chi connectivity index (χ0v) is 14.0. The predicted octanol–water partition coefficient (Wildman–Crippen LogP) is 3.21. The van der Waals surface area contributed by atoms with E-state index in [0.717, 1.165) is 10.8 Å². The number of rotatable bonds is 4. The van der Waals surface area contributed by atoms with E-state index < -0.39 is 23.7 Å². The predicted molar refractivity (Wildman–Crippen MR) is 96.0 cm³/mol. The number of fused-ring (bicyclic) bond motifs is 1. The summed E-state index contributed by atoms with van der Waals surface area (Å²) in [4.78, 5) is 24.0. The van der Waals surface area contributed by atoms with E-state index in [4.69, 9.17) is 4.74 Å². The SMILES string of the molecule is C[C@@H](Oc1ccc2ccccc2c1)C(=O)NNC(=O)c1ccc(F)cc1. The Morgan fingerprint density at radius 3 is 2.35 bits per heavy atom. The summed E-state index contributed by atoms with van der Waals surface area (Å²) in [6.45, 7) is 1.58. The van der Waals surface area contributed by atoms with Crippen LogP contribution in [0.1, 0.15) is 17.3 Å². The van der Waals surface area contributed by atoms with Gasteiger partial charge in [-0.25, -0.2) is 4.39 Å². The van der Waals surface area contributed by atoms with Crippen molar-refractivity contribution in [2.24, 2.45) is 0 Å². The second kappa shape index (κ2) is 7.65. The van der Waals surface area contributed by atoms with Crippen LogP contribution in [0.4, 0.5) is 4.39 Å². The van der Waals surface area contributed by atoms with Crippen LogP contribution in [-0.2, 0) is 4.79 Å². The lowest BCUT2D eigenvalue weighted by atomic mass is 10.1. The summed E-state index contributed by atoms with van der Waals surface area (Å²) in [7, 11) is 0. The molecule has 0 aliphatic rings. The van der Waals surface area contributed by atoms with Gasteiger partial charge in [0.1, 0.15) is 11.6 Å². The minimum atomic E-state index is -0.815. The van der Waals surface area contributed by atoms with Crippen LogP contribution in [0.5, 0.6) is 5.75 Å². The van der Waals surface area contributed by atoms with Gasteiger partial charge in [-0.05, 0) is 54.1 Å². The number of benzene rings is 3. The Morgan fingerprint density at radius 2 is 1.62 bits per heavy atom. The fourth-order valence-corrected chi connectivity index (χ4v) is 2.39. The first kappa shape index (κ1) is 17.4. The highest BCUT2D eigenvalue weighted by atomic mass is 19.1. The Morgan fingerprint density at radius 1 is 0.923 bits per heavy atom. The van der Waals surface area contributed by atoms with Gasteiger partial charge in [0.2, 0.25) is 0 Å². The van der Waals surface area contributed by atoms with Crippen LogP contribution >= 0.6 is 0 Å². The molecule has 132 valence electrons. The number of amides is 2. The monoisotopic (exact) mass is 352 g/mol. The quantitative estimate of drug-likeness (QED) is 0.709. The Bertz CT molecular complexity index is 941. The molecule has 3 aromatic carbocycles. The summed E-state index contributed by atoms with van der Waals surface area (Å²) < 4.78 is 18.5. The Labute approximate surface area is 149 Å². The summed E-state index contributed by atoms with van der Waals surface area (Å²) in [5.41, 5.74) is 4.80. The van der Waals surface area contributed by atoms with E-state index in [-0.39, 0.29) is 5.56 Å². The first-order chi connectivity index (χ1) is 12.5. The summed E-state index contributed by atoms with van der Waals surface area (Å²) in [6.07, 6.45) is -0.815. The van der Waals surface area contributed by atoms with Crippen molar-refractivity contribution in [1.29, 1.82) is 0 Å². The first-order valence-electron chi connectivity index (χ1n) is 8.04. The molecule has 5 nitrogen and oxygen atoms in total. The van der Waals surface area contributed by atoms with E-state index in [9.17, 15) is 14.0 Å². The van der Waals surface area contributed by atoms with E-state index in [1.54, 1.807) is 13.0 Å². The van der Waals surface area contributed by atoms with Gasteiger partial charge in [0.15, 0.2) is 6.10 Å². The van der Waals surface area contributed by atoms with Crippen molar-refractivity contribution in [3.8, 4) is 5.75 Å². The average molecular weight is 352 g/mol. The number of nitrogens with one attached hydrogen (secondary N) is 2. The molecule has 0 bridgehead atoms. The molecular formula is C20H17FN2O3. The van der Waals surface area contributed by atoms with Crippen LogP contribution in [0.2, 0.25) is 0 Å². The topological polar surface area (TPSA) is 67.4 Å². The minimum Gasteiger partial charge on any atom is -0.481 e. The van der Waals surface area contributed by atoms with Gasteiger partial charge in [-0.1, -0.05) is 30.3 Å². The van der Waals surface area contributed by atoms with Crippen molar-refractivity contribution in [3.63, 3.8) is 0 Å². The molecule has 0 aliphatic heterocycles. The number of hydrazine groups is 1. The number of ether oxygens (including phenoxy) is 1. The van der Waals surface area contributed by atoms with E-state index in [0.29, 0.717) is 5.75 Å². The summed E-state index contributed by atoms with van der Waals surface area (Å²) in [6, 6.07) is 18.3. The van der Waals surface area contributed by atoms with Crippen LogP contribution in [0.3, 0.4) is 0 Å². The molecule has 3 aromatic rings. The van der Waals surface area contributed by atoms with Gasteiger partial charge < -0.3 is 4.74 Å². The molecule has 0 aromatic heterocycles. The van der Waals surface area contributed by atoms with Gasteiger partial charge in [-0.15, -0.1) is 0 Å². The van der Waals surface area contributed by atoms with Gasteiger partial charge >= 0.3 is 0 Å². The molecule has 0 spiro atoms. The molecule has 0 saturated heterocycles. The molecule has 0 radical (unpaired) electrons. The van der Waals surface area contributed by atoms with Gasteiger partial charge in [-0.2, -0.15) is 0 Å². The molecule has 2 N–H and O–H groups in total. The van der Waals surface area contributed by atoms with Crippen molar-refractivity contribution in [1.82, 2.24) is 10.9 Å². The second-order valence-corrected chi connectivity index (χ2v) is 5.72. The molecule has 6 heteroatoms. The third kappa shape index (κ3) is 4.16. The Hall–Kier alpha value is -3.41. The molecule has 26 heavy (non-hydrogen) atoms. The smallest absolute Gasteiger partial charge is 0.279 e. The van der Waals surface area contributed by atoms with Crippen LogP contribution in [0.15, 0.2) is 66.7 Å². The van der Waals surface area contributed by atoms with Gasteiger partial charge in [-0.3, -0.25) is 20.4 Å². The molecule has 0 unspecified atom stereocenters. The van der Waals surface area contributed by atoms with Crippen molar-refractivity contribution < 1.29 is 18.7 Å². The minimum absolute atomic E-state index is 0.231. The van der Waals surface area contributed by atoms with Crippen molar-refractivity contribution in [3.05, 3.63) is 78.1 Å². The highest BCUT2D eigenvalue weighted by Crippen LogP contribution is 2.21. The van der Waals surface area contributed by atoms with Gasteiger partial charge in [0.05, 0.1) is 0 Å². The number of halogens is 1. The van der Waals surface area contributed by atoms with Crippen molar-refractivity contribution in [2.45, 2.75) is 13.0 Å². The third-order valence-corrected chi connectivity index (χ3v) is 3.81. The van der Waals surface area contributed by atoms with Crippen molar-refractivity contribution >= 4 is 22.6 Å². The average Bonchev–Trinajstić information content (AvgIpc) is 2.66. The Balaban J connectivity index is 1.56. The highest BCUT2D eigenvalue weighted by Gasteiger charge is 2.16. The maximum Gasteiger partial charge on any atom is 0.279 e. The lowest BCUT2D eigenvalue weighted by Crippen LogP contribution is -2.47. The fraction of sp³-hybridized carbons (Fsp3) is 0.100. The van der Waals surface area contributed by atoms with Gasteiger partial charge in [0.25, 0.3) is 11.8 Å². The first-order valence-corrected chi connectivity index (χ1v) is 8.04. The zero-order valence-electron chi connectivity index (χ0n) is 14.0. The summed E-state index contributed by atoms with van der Waals surface area (Å²) in [5.74, 6) is -0.941. The molecule has 2 amide bonds. The van der Waals surface area contributed by atoms with Crippen LogP contribution in [-0.4, -0.2) is 17.9 Å². The molecule has 0 fully saturated rings. The van der Waals surface area contributed by atoms with E-state index in [1.165, 1.54) is 24.3 Å². The standard InChI is InChI=1S/C20H17FN2O3/c1-13(26-18-11-8-14-4-2-3-5-16(14)12-18)19(24)22-23-20(25)15-6-9-17(21)10-7-15/h2-13H,1H3,(H,22,24)(H,23,25)/t13-/m1/s1. The summed E-state index contributed by atoms with van der Waals surface area (Å²) >= 11 is 0. The molecule has 1 atom stereocenters. The molecule has 3 rings (SSSR count). The van der Waals surface area contributed by atoms with E-state index in [1.807, 2.05) is 36.4 Å². The molecule has 0 saturated carbocycles. The summed E-state index contributed by atoms with van der Waals surface area (Å²) in [5, 5.41) is 2.07. The van der Waals surface area contributed by atoms with Crippen LogP contribution in [0.25, 0.3) is 10.8 Å². The number of carbonyl (C=O) groups is 2. The molecular weight excluding hydrogens is 335 g/mol. The fourth-order valence-electron chi connectivity index (χ4n) is 2.39. The second-order valence-electron chi connectivity index (χ2n) is 5.72. The molecule has 0 aliphatic carbocycles. The highest BCUT2D eigenvalue weighted by molar-refractivity contribution is 5.95. The number of carbonyl (C=O) groups excluding carboxylic acids is 2. The van der Waals surface area contributed by atoms with E-state index >= 15 is 0 Å². The van der Waals surface area contributed by atoms with Crippen LogP contribution < -0.4 is 15.6 Å². The number of hydrogen-bond donors (Lipinski definition) is 2. The maximum atomic E-state index is 12.9. The lowest BCUT2D eigenvalue weighted by molar-refractivity contribution is -0.128. The lowest BCUT2D eigenvalue weighted by Gasteiger charge is -2.15. The third-order valence-electron chi connectivity index (χ3n) is 3.81. The maximum absolute atomic E-state index is 12.9.